The smallest absolute Gasteiger partial charge is 0.305 e. The van der Waals surface area contributed by atoms with E-state index in [0.717, 1.165) is 38.5 Å². The van der Waals surface area contributed by atoms with Crippen LogP contribution in [0, 0.1) is 0 Å². The molecule has 0 radical (unpaired) electrons. The molecular weight excluding hydrogens is 1010 g/mol. The summed E-state index contributed by atoms with van der Waals surface area (Å²) in [6, 6.07) is -0.625. The molecule has 0 aliphatic carbocycles. The Morgan fingerprint density at radius 3 is 0.829 bits per heavy atom. The number of rotatable bonds is 72. The highest BCUT2D eigenvalue weighted by Gasteiger charge is 2.18. The number of hydrogen-bond donors (Lipinski definition) is 3. The molecule has 0 spiro atoms. The Balaban J connectivity index is 3.35. The second-order valence-corrected chi connectivity index (χ2v) is 26.4. The standard InChI is InChI=1S/C76H149NO5/c1-3-5-7-9-11-13-15-17-18-19-20-32-35-38-41-45-48-52-56-60-64-68-74(79)73(72-78)77-75(80)69-65-61-57-53-49-46-42-39-36-33-30-28-26-24-22-21-23-25-27-29-31-34-37-40-43-47-51-55-59-63-67-71-82-76(81)70-66-62-58-54-50-44-16-14-12-10-8-6-4-2/h64,68,73-74,78-79H,3-63,65-67,69-72H2,1-2H3,(H,77,80)/b68-64+. The molecule has 0 heterocycles. The zero-order valence-corrected chi connectivity index (χ0v) is 56.0. The van der Waals surface area contributed by atoms with Crippen molar-refractivity contribution in [1.29, 1.82) is 0 Å². The lowest BCUT2D eigenvalue weighted by molar-refractivity contribution is -0.143. The summed E-state index contributed by atoms with van der Waals surface area (Å²) >= 11 is 0. The van der Waals surface area contributed by atoms with Crippen LogP contribution >= 0.6 is 0 Å². The summed E-state index contributed by atoms with van der Waals surface area (Å²) in [5, 5.41) is 23.3. The van der Waals surface area contributed by atoms with Crippen LogP contribution in [0.2, 0.25) is 0 Å². The molecule has 6 heteroatoms. The molecule has 0 rings (SSSR count). The van der Waals surface area contributed by atoms with Gasteiger partial charge in [-0.15, -0.1) is 0 Å². The first kappa shape index (κ1) is 80.6. The molecule has 0 saturated carbocycles. The van der Waals surface area contributed by atoms with Crippen molar-refractivity contribution in [3.63, 3.8) is 0 Å². The summed E-state index contributed by atoms with van der Waals surface area (Å²) in [4.78, 5) is 24.6. The molecule has 2 unspecified atom stereocenters. The Kier molecular flexibility index (Phi) is 70.8. The summed E-state index contributed by atoms with van der Waals surface area (Å²) in [6.45, 7) is 4.96. The lowest BCUT2D eigenvalue weighted by Gasteiger charge is -2.20. The van der Waals surface area contributed by atoms with Crippen LogP contribution in [-0.4, -0.2) is 47.4 Å². The van der Waals surface area contributed by atoms with Crippen LogP contribution in [0.3, 0.4) is 0 Å². The van der Waals surface area contributed by atoms with E-state index >= 15 is 0 Å². The van der Waals surface area contributed by atoms with Gasteiger partial charge >= 0.3 is 5.97 Å². The van der Waals surface area contributed by atoms with Crippen LogP contribution in [0.4, 0.5) is 0 Å². The topological polar surface area (TPSA) is 95.9 Å². The molecular formula is C76H149NO5. The summed E-state index contributed by atoms with van der Waals surface area (Å²) in [5.74, 6) is -0.0357. The van der Waals surface area contributed by atoms with Gasteiger partial charge in [0.2, 0.25) is 5.91 Å². The third kappa shape index (κ3) is 67.7. The van der Waals surface area contributed by atoms with Gasteiger partial charge in [0.1, 0.15) is 0 Å². The number of unbranched alkanes of at least 4 members (excludes halogenated alkanes) is 61. The molecule has 3 N–H and O–H groups in total. The molecule has 6 nitrogen and oxygen atoms in total. The van der Waals surface area contributed by atoms with E-state index in [1.54, 1.807) is 6.08 Å². The minimum absolute atomic E-state index is 0.0230. The predicted molar refractivity (Wildman–Crippen MR) is 361 cm³/mol. The summed E-state index contributed by atoms with van der Waals surface area (Å²) < 4.78 is 5.49. The second-order valence-electron chi connectivity index (χ2n) is 26.4. The van der Waals surface area contributed by atoms with E-state index in [0.29, 0.717) is 19.4 Å². The molecule has 0 aromatic rings. The van der Waals surface area contributed by atoms with Gasteiger partial charge in [0.05, 0.1) is 25.4 Å². The monoisotopic (exact) mass is 1160 g/mol. The van der Waals surface area contributed by atoms with Gasteiger partial charge < -0.3 is 20.3 Å². The van der Waals surface area contributed by atoms with Gasteiger partial charge in [-0.2, -0.15) is 0 Å². The Morgan fingerprint density at radius 2 is 0.561 bits per heavy atom. The van der Waals surface area contributed by atoms with Crippen molar-refractivity contribution in [1.82, 2.24) is 5.32 Å². The van der Waals surface area contributed by atoms with Crippen molar-refractivity contribution in [2.24, 2.45) is 0 Å². The van der Waals surface area contributed by atoms with Gasteiger partial charge in [0, 0.05) is 12.8 Å². The van der Waals surface area contributed by atoms with Crippen molar-refractivity contribution in [2.75, 3.05) is 13.2 Å². The lowest BCUT2D eigenvalue weighted by atomic mass is 10.0. The molecule has 0 fully saturated rings. The zero-order valence-electron chi connectivity index (χ0n) is 56.0. The van der Waals surface area contributed by atoms with E-state index in [4.69, 9.17) is 4.74 Å². The lowest BCUT2D eigenvalue weighted by Crippen LogP contribution is -2.45. The van der Waals surface area contributed by atoms with E-state index < -0.39 is 12.1 Å². The van der Waals surface area contributed by atoms with E-state index in [9.17, 15) is 19.8 Å². The van der Waals surface area contributed by atoms with Gasteiger partial charge in [-0.3, -0.25) is 9.59 Å². The van der Waals surface area contributed by atoms with Crippen LogP contribution in [0.25, 0.3) is 0 Å². The van der Waals surface area contributed by atoms with Crippen molar-refractivity contribution in [3.8, 4) is 0 Å². The van der Waals surface area contributed by atoms with E-state index in [1.165, 1.54) is 372 Å². The van der Waals surface area contributed by atoms with Gasteiger partial charge in [-0.25, -0.2) is 0 Å². The molecule has 0 bridgehead atoms. The van der Waals surface area contributed by atoms with Crippen LogP contribution in [0.5, 0.6) is 0 Å². The molecule has 1 amide bonds. The van der Waals surface area contributed by atoms with Crippen LogP contribution in [0.15, 0.2) is 12.2 Å². The van der Waals surface area contributed by atoms with Crippen LogP contribution < -0.4 is 5.32 Å². The maximum atomic E-state index is 12.5. The highest BCUT2D eigenvalue weighted by atomic mass is 16.5. The van der Waals surface area contributed by atoms with Crippen molar-refractivity contribution < 1.29 is 24.5 Å². The molecule has 0 aliphatic heterocycles. The number of esters is 1. The highest BCUT2D eigenvalue weighted by molar-refractivity contribution is 5.76. The van der Waals surface area contributed by atoms with Crippen molar-refractivity contribution >= 4 is 11.9 Å². The SMILES string of the molecule is CCCCCCCCCCCCCCCCCCCCC/C=C/C(O)C(CO)NC(=O)CCCCCCCCCCCCCCCCCCCCCCCCCCCCCCCCCOC(=O)CCCCCCCCCCCCCCC. The van der Waals surface area contributed by atoms with Crippen LogP contribution in [-0.2, 0) is 14.3 Å². The quantitative estimate of drug-likeness (QED) is 0.0320. The first-order valence-electron chi connectivity index (χ1n) is 38.0. The predicted octanol–water partition coefficient (Wildman–Crippen LogP) is 24.7. The van der Waals surface area contributed by atoms with Crippen molar-refractivity contribution in [2.45, 2.75) is 450 Å². The third-order valence-electron chi connectivity index (χ3n) is 18.1. The first-order valence-corrected chi connectivity index (χ1v) is 38.0. The maximum absolute atomic E-state index is 12.5. The summed E-state index contributed by atoms with van der Waals surface area (Å²) in [7, 11) is 0. The molecule has 0 aromatic carbocycles. The second kappa shape index (κ2) is 72.1. The Morgan fingerprint density at radius 1 is 0.329 bits per heavy atom. The Bertz CT molecular complexity index is 1240. The first-order chi connectivity index (χ1) is 40.5. The average molecular weight is 1160 g/mol. The Hall–Kier alpha value is -1.40. The van der Waals surface area contributed by atoms with E-state index in [1.807, 2.05) is 6.08 Å². The number of carbonyl (C=O) groups is 2. The number of nitrogens with one attached hydrogen (secondary N) is 1. The van der Waals surface area contributed by atoms with Gasteiger partial charge in [-0.05, 0) is 32.1 Å². The summed E-state index contributed by atoms with van der Waals surface area (Å²) in [6.07, 6.45) is 90.3. The maximum Gasteiger partial charge on any atom is 0.305 e. The molecule has 0 saturated heterocycles. The Labute approximate surface area is 514 Å². The number of carbonyl (C=O) groups excluding carboxylic acids is 2. The molecule has 488 valence electrons. The fraction of sp³-hybridized carbons (Fsp3) is 0.947. The van der Waals surface area contributed by atoms with Gasteiger partial charge in [-0.1, -0.05) is 405 Å². The third-order valence-corrected chi connectivity index (χ3v) is 18.1. The summed E-state index contributed by atoms with van der Waals surface area (Å²) in [5.41, 5.74) is 0. The molecule has 0 aliphatic rings. The number of aliphatic hydroxyl groups excluding tert-OH is 2. The molecule has 0 aromatic heterocycles. The number of amides is 1. The number of aliphatic hydroxyl groups is 2. The van der Waals surface area contributed by atoms with E-state index in [2.05, 4.69) is 19.2 Å². The fourth-order valence-corrected chi connectivity index (χ4v) is 12.3. The highest BCUT2D eigenvalue weighted by Crippen LogP contribution is 2.20. The minimum atomic E-state index is -0.842. The normalized spacial score (nSPS) is 12.5. The molecule has 2 atom stereocenters. The fourth-order valence-electron chi connectivity index (χ4n) is 12.3. The van der Waals surface area contributed by atoms with Crippen molar-refractivity contribution in [3.05, 3.63) is 12.2 Å². The number of ether oxygens (including phenoxy) is 1. The molecule has 82 heavy (non-hydrogen) atoms. The number of hydrogen-bond acceptors (Lipinski definition) is 5. The minimum Gasteiger partial charge on any atom is -0.466 e. The van der Waals surface area contributed by atoms with Crippen LogP contribution in [0.1, 0.15) is 438 Å². The zero-order chi connectivity index (χ0) is 59.2. The largest absolute Gasteiger partial charge is 0.466 e. The number of allylic oxidation sites excluding steroid dienone is 1. The van der Waals surface area contributed by atoms with E-state index in [-0.39, 0.29) is 18.5 Å². The van der Waals surface area contributed by atoms with Gasteiger partial charge in [0.25, 0.3) is 0 Å². The average Bonchev–Trinajstić information content (AvgIpc) is 3.48. The van der Waals surface area contributed by atoms with Gasteiger partial charge in [0.15, 0.2) is 0 Å².